The molecule has 4 rings (SSSR count). The fraction of sp³-hybridized carbons (Fsp3) is 0.529. The topological polar surface area (TPSA) is 38.1 Å². The summed E-state index contributed by atoms with van der Waals surface area (Å²) in [6.45, 7) is 3.98. The van der Waals surface area contributed by atoms with E-state index in [4.69, 9.17) is 4.98 Å². The van der Waals surface area contributed by atoms with E-state index in [2.05, 4.69) is 38.7 Å². The highest BCUT2D eigenvalue weighted by Crippen LogP contribution is 2.39. The highest BCUT2D eigenvalue weighted by molar-refractivity contribution is 9.10. The number of hydrogen-bond acceptors (Lipinski definition) is 4. The smallest absolute Gasteiger partial charge is 0.253 e. The standard InChI is InChI=1S/C17H20BrN3OS/c1-10-7-12-13(20(2)17(10)22)8-15(19-16(12)18)21-5-3-11-4-6-23-14(11)9-21/h7-8,11,14H,3-6,9H2,1-2H3/t11-,14?/m1/s1. The Bertz CT molecular complexity index is 835. The molecule has 0 saturated carbocycles. The van der Waals surface area contributed by atoms with Crippen LogP contribution in [-0.2, 0) is 7.05 Å². The fourth-order valence-corrected chi connectivity index (χ4v) is 5.86. The number of hydrogen-bond donors (Lipinski definition) is 0. The van der Waals surface area contributed by atoms with Crippen LogP contribution in [0.5, 0.6) is 0 Å². The summed E-state index contributed by atoms with van der Waals surface area (Å²) in [5, 5.41) is 1.74. The second-order valence-corrected chi connectivity index (χ2v) is 8.69. The van der Waals surface area contributed by atoms with E-state index in [0.29, 0.717) is 0 Å². The molecule has 2 atom stereocenters. The minimum absolute atomic E-state index is 0.0617. The van der Waals surface area contributed by atoms with Gasteiger partial charge in [-0.05, 0) is 53.4 Å². The van der Waals surface area contributed by atoms with Crippen LogP contribution in [0, 0.1) is 12.8 Å². The van der Waals surface area contributed by atoms with Gasteiger partial charge in [0.2, 0.25) is 0 Å². The number of nitrogens with zero attached hydrogens (tertiary/aromatic N) is 3. The molecule has 2 aliphatic heterocycles. The number of aryl methyl sites for hydroxylation is 2. The minimum Gasteiger partial charge on any atom is -0.355 e. The molecule has 0 amide bonds. The van der Waals surface area contributed by atoms with E-state index in [0.717, 1.165) is 51.1 Å². The van der Waals surface area contributed by atoms with Gasteiger partial charge < -0.3 is 9.47 Å². The van der Waals surface area contributed by atoms with E-state index in [9.17, 15) is 4.79 Å². The minimum atomic E-state index is 0.0617. The molecule has 2 fully saturated rings. The van der Waals surface area contributed by atoms with Gasteiger partial charge in [0.15, 0.2) is 0 Å². The molecule has 23 heavy (non-hydrogen) atoms. The first-order chi connectivity index (χ1) is 11.0. The lowest BCUT2D eigenvalue weighted by Crippen LogP contribution is -2.41. The predicted molar refractivity (Wildman–Crippen MR) is 101 cm³/mol. The van der Waals surface area contributed by atoms with Crippen LogP contribution in [0.15, 0.2) is 21.5 Å². The van der Waals surface area contributed by atoms with Gasteiger partial charge in [-0.3, -0.25) is 4.79 Å². The number of thioether (sulfide) groups is 1. The van der Waals surface area contributed by atoms with E-state index in [1.54, 1.807) is 4.57 Å². The first-order valence-electron chi connectivity index (χ1n) is 8.08. The van der Waals surface area contributed by atoms with Gasteiger partial charge in [0.25, 0.3) is 5.56 Å². The van der Waals surface area contributed by atoms with Crippen LogP contribution >= 0.6 is 27.7 Å². The van der Waals surface area contributed by atoms with Crippen LogP contribution in [0.2, 0.25) is 0 Å². The third-order valence-corrected chi connectivity index (χ3v) is 7.22. The van der Waals surface area contributed by atoms with Gasteiger partial charge in [-0.25, -0.2) is 4.98 Å². The molecule has 0 aliphatic carbocycles. The SMILES string of the molecule is Cc1cc2c(Br)nc(N3CC[C@@H]4CCSC4C3)cc2n(C)c1=O. The summed E-state index contributed by atoms with van der Waals surface area (Å²) >= 11 is 5.71. The fourth-order valence-electron chi connectivity index (χ4n) is 3.79. The number of piperidine rings is 1. The highest BCUT2D eigenvalue weighted by Gasteiger charge is 2.34. The molecule has 0 radical (unpaired) electrons. The number of fused-ring (bicyclic) bond motifs is 2. The van der Waals surface area contributed by atoms with Gasteiger partial charge in [-0.2, -0.15) is 11.8 Å². The number of aromatic nitrogens is 2. The summed E-state index contributed by atoms with van der Waals surface area (Å²) < 4.78 is 2.56. The Hall–Kier alpha value is -1.01. The second kappa shape index (κ2) is 5.81. The molecular weight excluding hydrogens is 374 g/mol. The van der Waals surface area contributed by atoms with E-state index >= 15 is 0 Å². The lowest BCUT2D eigenvalue weighted by molar-refractivity contribution is 0.424. The van der Waals surface area contributed by atoms with Gasteiger partial charge in [0, 0.05) is 42.4 Å². The van der Waals surface area contributed by atoms with E-state index in [1.807, 2.05) is 20.0 Å². The first kappa shape index (κ1) is 15.5. The summed E-state index contributed by atoms with van der Waals surface area (Å²) in [6.07, 6.45) is 2.62. The number of rotatable bonds is 1. The summed E-state index contributed by atoms with van der Waals surface area (Å²) in [6, 6.07) is 4.00. The molecular formula is C17H20BrN3OS. The molecule has 0 bridgehead atoms. The molecule has 0 N–H and O–H groups in total. The van der Waals surface area contributed by atoms with Crippen molar-refractivity contribution in [3.8, 4) is 0 Å². The molecule has 2 aromatic rings. The van der Waals surface area contributed by atoms with E-state index < -0.39 is 0 Å². The van der Waals surface area contributed by atoms with Crippen molar-refractivity contribution in [2.45, 2.75) is 25.0 Å². The molecule has 1 unspecified atom stereocenters. The van der Waals surface area contributed by atoms with Crippen LogP contribution in [0.3, 0.4) is 0 Å². The van der Waals surface area contributed by atoms with Crippen LogP contribution in [0.25, 0.3) is 10.9 Å². The van der Waals surface area contributed by atoms with Gasteiger partial charge in [0.1, 0.15) is 10.4 Å². The van der Waals surface area contributed by atoms with E-state index in [1.165, 1.54) is 18.6 Å². The number of pyridine rings is 2. The molecule has 4 nitrogen and oxygen atoms in total. The quantitative estimate of drug-likeness (QED) is 0.696. The highest BCUT2D eigenvalue weighted by atomic mass is 79.9. The van der Waals surface area contributed by atoms with Crippen molar-refractivity contribution < 1.29 is 0 Å². The zero-order valence-corrected chi connectivity index (χ0v) is 15.8. The Balaban J connectivity index is 1.78. The van der Waals surface area contributed by atoms with Crippen molar-refractivity contribution in [1.29, 1.82) is 0 Å². The Morgan fingerprint density at radius 3 is 3.00 bits per heavy atom. The first-order valence-corrected chi connectivity index (χ1v) is 9.92. The zero-order valence-electron chi connectivity index (χ0n) is 13.4. The van der Waals surface area contributed by atoms with Gasteiger partial charge in [-0.15, -0.1) is 0 Å². The van der Waals surface area contributed by atoms with Crippen molar-refractivity contribution in [3.05, 3.63) is 32.7 Å². The van der Waals surface area contributed by atoms with Crippen LogP contribution in [0.1, 0.15) is 18.4 Å². The molecule has 122 valence electrons. The molecule has 2 saturated heterocycles. The summed E-state index contributed by atoms with van der Waals surface area (Å²) in [7, 11) is 1.84. The Morgan fingerprint density at radius 2 is 2.17 bits per heavy atom. The number of halogens is 1. The Morgan fingerprint density at radius 1 is 1.35 bits per heavy atom. The third-order valence-electron chi connectivity index (χ3n) is 5.18. The van der Waals surface area contributed by atoms with Crippen LogP contribution < -0.4 is 10.5 Å². The lowest BCUT2D eigenvalue weighted by atomic mass is 9.94. The maximum atomic E-state index is 12.2. The van der Waals surface area contributed by atoms with Gasteiger partial charge in [-0.1, -0.05) is 0 Å². The zero-order chi connectivity index (χ0) is 16.1. The molecule has 2 aromatic heterocycles. The lowest BCUT2D eigenvalue weighted by Gasteiger charge is -2.35. The van der Waals surface area contributed by atoms with Crippen molar-refractivity contribution in [3.63, 3.8) is 0 Å². The molecule has 6 heteroatoms. The van der Waals surface area contributed by atoms with Gasteiger partial charge >= 0.3 is 0 Å². The normalized spacial score (nSPS) is 24.2. The van der Waals surface area contributed by atoms with Crippen LogP contribution in [-0.4, -0.2) is 33.6 Å². The molecule has 2 aliphatic rings. The van der Waals surface area contributed by atoms with Crippen molar-refractivity contribution >= 4 is 44.4 Å². The maximum absolute atomic E-state index is 12.2. The predicted octanol–water partition coefficient (Wildman–Crippen LogP) is 3.34. The van der Waals surface area contributed by atoms with Crippen molar-refractivity contribution in [2.24, 2.45) is 13.0 Å². The summed E-state index contributed by atoms with van der Waals surface area (Å²) in [5.41, 5.74) is 1.75. The van der Waals surface area contributed by atoms with E-state index in [-0.39, 0.29) is 5.56 Å². The molecule has 0 aromatic carbocycles. The van der Waals surface area contributed by atoms with Crippen LogP contribution in [0.4, 0.5) is 5.82 Å². The molecule has 4 heterocycles. The number of anilines is 1. The monoisotopic (exact) mass is 393 g/mol. The Kier molecular flexibility index (Phi) is 3.92. The summed E-state index contributed by atoms with van der Waals surface area (Å²) in [4.78, 5) is 19.4. The van der Waals surface area contributed by atoms with Gasteiger partial charge in [0.05, 0.1) is 5.52 Å². The molecule has 0 spiro atoms. The van der Waals surface area contributed by atoms with Crippen molar-refractivity contribution in [1.82, 2.24) is 9.55 Å². The third kappa shape index (κ3) is 2.60. The maximum Gasteiger partial charge on any atom is 0.253 e. The average Bonchev–Trinajstić information content (AvgIpc) is 3.01. The Labute approximate surface area is 148 Å². The largest absolute Gasteiger partial charge is 0.355 e. The summed E-state index contributed by atoms with van der Waals surface area (Å²) in [5.74, 6) is 3.16. The van der Waals surface area contributed by atoms with Crippen molar-refractivity contribution in [2.75, 3.05) is 23.7 Å². The second-order valence-electron chi connectivity index (χ2n) is 6.59. The average molecular weight is 394 g/mol.